The van der Waals surface area contributed by atoms with Gasteiger partial charge in [0.15, 0.2) is 0 Å². The lowest BCUT2D eigenvalue weighted by atomic mass is 9.83. The summed E-state index contributed by atoms with van der Waals surface area (Å²) in [5.74, 6) is 0.111. The van der Waals surface area contributed by atoms with Crippen molar-refractivity contribution in [2.45, 2.75) is 23.1 Å². The van der Waals surface area contributed by atoms with Crippen LogP contribution in [0.5, 0.6) is 0 Å². The number of rotatable bonds is 4. The Morgan fingerprint density at radius 3 is 2.81 bits per heavy atom. The molecule has 4 rings (SSSR count). The second-order valence-corrected chi connectivity index (χ2v) is 9.69. The second-order valence-electron chi connectivity index (χ2n) is 6.75. The van der Waals surface area contributed by atoms with Gasteiger partial charge in [0.05, 0.1) is 6.54 Å². The molecule has 2 atom stereocenters. The van der Waals surface area contributed by atoms with Crippen LogP contribution in [0, 0.1) is 5.92 Å². The average Bonchev–Trinajstić information content (AvgIpc) is 3.16. The van der Waals surface area contributed by atoms with E-state index >= 15 is 0 Å². The van der Waals surface area contributed by atoms with Crippen LogP contribution in [0.4, 0.5) is 0 Å². The van der Waals surface area contributed by atoms with E-state index in [1.807, 2.05) is 6.07 Å². The van der Waals surface area contributed by atoms with Crippen LogP contribution in [0.15, 0.2) is 44.7 Å². The third-order valence-corrected chi connectivity index (χ3v) is 7.80. The Morgan fingerprint density at radius 1 is 1.19 bits per heavy atom. The molecule has 2 unspecified atom stereocenters. The van der Waals surface area contributed by atoms with Crippen LogP contribution in [0.25, 0.3) is 0 Å². The maximum Gasteiger partial charge on any atom is 0.250 e. The van der Waals surface area contributed by atoms with E-state index in [0.717, 1.165) is 23.5 Å². The summed E-state index contributed by atoms with van der Waals surface area (Å²) in [4.78, 5) is 26.3. The number of hydrogen-bond donors (Lipinski definition) is 1. The zero-order valence-corrected chi connectivity index (χ0v) is 15.6. The minimum Gasteiger partial charge on any atom is -0.341 e. The van der Waals surface area contributed by atoms with Crippen LogP contribution in [-0.2, 0) is 21.4 Å². The molecule has 0 radical (unpaired) electrons. The average molecular weight is 393 g/mol. The van der Waals surface area contributed by atoms with Gasteiger partial charge in [-0.1, -0.05) is 12.1 Å². The minimum absolute atomic E-state index is 0.000634. The lowest BCUT2D eigenvalue weighted by Crippen LogP contribution is -2.51. The monoisotopic (exact) mass is 393 g/mol. The Balaban J connectivity index is 1.45. The summed E-state index contributed by atoms with van der Waals surface area (Å²) < 4.78 is 28.7. The van der Waals surface area contributed by atoms with E-state index in [1.165, 1.54) is 6.07 Å². The number of likely N-dealkylation sites (tertiary alicyclic amines) is 1. The summed E-state index contributed by atoms with van der Waals surface area (Å²) >= 11 is 1.12. The number of carbonyl (C=O) groups excluding carboxylic acids is 1. The van der Waals surface area contributed by atoms with Gasteiger partial charge in [-0.25, -0.2) is 13.1 Å². The molecule has 1 N–H and O–H groups in total. The first-order chi connectivity index (χ1) is 12.4. The van der Waals surface area contributed by atoms with Crippen molar-refractivity contribution in [1.29, 1.82) is 0 Å². The zero-order chi connectivity index (χ0) is 18.3. The van der Waals surface area contributed by atoms with Crippen LogP contribution in [0.2, 0.25) is 0 Å². The summed E-state index contributed by atoms with van der Waals surface area (Å²) in [5.41, 5.74) is 0.964. The van der Waals surface area contributed by atoms with Crippen molar-refractivity contribution in [2.24, 2.45) is 5.92 Å². The van der Waals surface area contributed by atoms with E-state index in [0.29, 0.717) is 19.6 Å². The van der Waals surface area contributed by atoms with Gasteiger partial charge in [0.2, 0.25) is 5.91 Å². The Kier molecular flexibility index (Phi) is 4.45. The number of carbonyl (C=O) groups is 1. The number of nitrogens with one attached hydrogen (secondary N) is 1. The largest absolute Gasteiger partial charge is 0.341 e. The van der Waals surface area contributed by atoms with Crippen LogP contribution in [-0.4, -0.2) is 43.4 Å². The molecule has 4 heterocycles. The molecule has 0 aromatic carbocycles. The SMILES string of the molecule is O=C(CNS(=O)(=O)c1cccs1)N1CC2CC(C1)c1cccc(=O)n1C2. The predicted molar refractivity (Wildman–Crippen MR) is 97.6 cm³/mol. The summed E-state index contributed by atoms with van der Waals surface area (Å²) in [7, 11) is -3.65. The Bertz CT molecular complexity index is 982. The van der Waals surface area contributed by atoms with E-state index in [4.69, 9.17) is 0 Å². The molecule has 2 aliphatic heterocycles. The molecule has 1 fully saturated rings. The highest BCUT2D eigenvalue weighted by Gasteiger charge is 2.36. The third kappa shape index (κ3) is 3.22. The van der Waals surface area contributed by atoms with Crippen LogP contribution in [0.1, 0.15) is 18.0 Å². The minimum atomic E-state index is -3.65. The molecule has 0 aliphatic carbocycles. The first-order valence-corrected chi connectivity index (χ1v) is 10.8. The van der Waals surface area contributed by atoms with Gasteiger partial charge in [-0.15, -0.1) is 11.3 Å². The molecule has 1 saturated heterocycles. The highest BCUT2D eigenvalue weighted by Crippen LogP contribution is 2.34. The summed E-state index contributed by atoms with van der Waals surface area (Å²) in [6.45, 7) is 1.42. The fourth-order valence-electron chi connectivity index (χ4n) is 3.86. The normalized spacial score (nSPS) is 22.1. The molecule has 2 aromatic heterocycles. The van der Waals surface area contributed by atoms with Crippen molar-refractivity contribution in [3.63, 3.8) is 0 Å². The molecular weight excluding hydrogens is 374 g/mol. The van der Waals surface area contributed by atoms with Gasteiger partial charge in [-0.3, -0.25) is 9.59 Å². The van der Waals surface area contributed by atoms with Crippen molar-refractivity contribution in [3.05, 3.63) is 51.8 Å². The number of piperidine rings is 1. The lowest BCUT2D eigenvalue weighted by molar-refractivity contribution is -0.132. The molecule has 138 valence electrons. The van der Waals surface area contributed by atoms with Gasteiger partial charge < -0.3 is 9.47 Å². The molecule has 0 saturated carbocycles. The number of pyridine rings is 1. The zero-order valence-electron chi connectivity index (χ0n) is 14.0. The lowest BCUT2D eigenvalue weighted by Gasteiger charge is -2.42. The smallest absolute Gasteiger partial charge is 0.250 e. The molecule has 9 heteroatoms. The standard InChI is InChI=1S/C17H19N3O4S2/c21-15-4-1-3-14-13-7-12(10-20(14)15)9-19(11-13)16(22)8-18-26(23,24)17-5-2-6-25-17/h1-6,12-13,18H,7-11H2. The van der Waals surface area contributed by atoms with Crippen molar-refractivity contribution < 1.29 is 13.2 Å². The number of aromatic nitrogens is 1. The number of fused-ring (bicyclic) bond motifs is 4. The number of thiophene rings is 1. The van der Waals surface area contributed by atoms with E-state index in [1.54, 1.807) is 33.0 Å². The van der Waals surface area contributed by atoms with Crippen LogP contribution < -0.4 is 10.3 Å². The fourth-order valence-corrected chi connectivity index (χ4v) is 5.87. The van der Waals surface area contributed by atoms with Crippen molar-refractivity contribution in [2.75, 3.05) is 19.6 Å². The molecule has 1 amide bonds. The van der Waals surface area contributed by atoms with Gasteiger partial charge in [-0.05, 0) is 29.9 Å². The number of nitrogens with zero attached hydrogens (tertiary/aromatic N) is 2. The van der Waals surface area contributed by atoms with Gasteiger partial charge in [-0.2, -0.15) is 0 Å². The number of amides is 1. The molecule has 7 nitrogen and oxygen atoms in total. The fraction of sp³-hybridized carbons (Fsp3) is 0.412. The molecule has 0 spiro atoms. The molecule has 2 aromatic rings. The van der Waals surface area contributed by atoms with Crippen LogP contribution in [0.3, 0.4) is 0 Å². The maximum absolute atomic E-state index is 12.6. The molecule has 2 bridgehead atoms. The third-order valence-electron chi connectivity index (χ3n) is 5.01. The van der Waals surface area contributed by atoms with E-state index < -0.39 is 10.0 Å². The Morgan fingerprint density at radius 2 is 2.04 bits per heavy atom. The quantitative estimate of drug-likeness (QED) is 0.834. The van der Waals surface area contributed by atoms with Gasteiger partial charge in [0.25, 0.3) is 15.6 Å². The molecule has 26 heavy (non-hydrogen) atoms. The van der Waals surface area contributed by atoms with E-state index in [9.17, 15) is 18.0 Å². The van der Waals surface area contributed by atoms with Gasteiger partial charge in [0, 0.05) is 37.3 Å². The topological polar surface area (TPSA) is 88.5 Å². The highest BCUT2D eigenvalue weighted by molar-refractivity contribution is 7.91. The molecule has 2 aliphatic rings. The van der Waals surface area contributed by atoms with Gasteiger partial charge >= 0.3 is 0 Å². The summed E-state index contributed by atoms with van der Waals surface area (Å²) in [6, 6.07) is 8.43. The van der Waals surface area contributed by atoms with Crippen molar-refractivity contribution >= 4 is 27.3 Å². The van der Waals surface area contributed by atoms with Gasteiger partial charge in [0.1, 0.15) is 4.21 Å². The summed E-state index contributed by atoms with van der Waals surface area (Å²) in [6.07, 6.45) is 0.953. The summed E-state index contributed by atoms with van der Waals surface area (Å²) in [5, 5.41) is 1.68. The Hall–Kier alpha value is -1.97. The van der Waals surface area contributed by atoms with E-state index in [-0.39, 0.29) is 34.1 Å². The second kappa shape index (κ2) is 6.64. The van der Waals surface area contributed by atoms with Crippen molar-refractivity contribution in [3.8, 4) is 0 Å². The first-order valence-electron chi connectivity index (χ1n) is 8.45. The van der Waals surface area contributed by atoms with Crippen molar-refractivity contribution in [1.82, 2.24) is 14.2 Å². The maximum atomic E-state index is 12.6. The highest BCUT2D eigenvalue weighted by atomic mass is 32.2. The first kappa shape index (κ1) is 17.4. The predicted octanol–water partition coefficient (Wildman–Crippen LogP) is 0.834. The number of sulfonamides is 1. The van der Waals surface area contributed by atoms with Crippen LogP contribution >= 0.6 is 11.3 Å². The number of hydrogen-bond acceptors (Lipinski definition) is 5. The molecular formula is C17H19N3O4S2. The van der Waals surface area contributed by atoms with E-state index in [2.05, 4.69) is 4.72 Å². The Labute approximate surface area is 155 Å².